The standard InChI is InChI=1S/C18H29FO2/c1-3-5-7-9-14-20-17-13-11-12-16(19)18(17)21-15-10-8-6-4-2/h11-13H,3-10,14-15H2,1-2H3. The number of hydrogen-bond acceptors (Lipinski definition) is 2. The zero-order valence-corrected chi connectivity index (χ0v) is 13.5. The highest BCUT2D eigenvalue weighted by molar-refractivity contribution is 5.40. The van der Waals surface area contributed by atoms with Crippen LogP contribution in [0.5, 0.6) is 11.5 Å². The Hall–Kier alpha value is -1.25. The zero-order valence-electron chi connectivity index (χ0n) is 13.5. The summed E-state index contributed by atoms with van der Waals surface area (Å²) in [6.45, 7) is 5.52. The number of ether oxygens (including phenoxy) is 2. The molecule has 0 radical (unpaired) electrons. The summed E-state index contributed by atoms with van der Waals surface area (Å²) in [5, 5.41) is 0. The van der Waals surface area contributed by atoms with E-state index in [1.54, 1.807) is 12.1 Å². The van der Waals surface area contributed by atoms with Crippen molar-refractivity contribution in [2.75, 3.05) is 13.2 Å². The first-order valence-corrected chi connectivity index (χ1v) is 8.33. The van der Waals surface area contributed by atoms with Gasteiger partial charge in [0.25, 0.3) is 0 Å². The van der Waals surface area contributed by atoms with E-state index in [1.807, 2.05) is 0 Å². The maximum absolute atomic E-state index is 13.9. The SMILES string of the molecule is CCCCCCOc1cccc(F)c1OCCCCCC. The normalized spacial score (nSPS) is 10.6. The van der Waals surface area contributed by atoms with E-state index in [0.717, 1.165) is 25.7 Å². The van der Waals surface area contributed by atoms with Crippen LogP contribution in [0.3, 0.4) is 0 Å². The lowest BCUT2D eigenvalue weighted by atomic mass is 10.2. The van der Waals surface area contributed by atoms with Gasteiger partial charge < -0.3 is 9.47 Å². The van der Waals surface area contributed by atoms with Crippen molar-refractivity contribution in [3.63, 3.8) is 0 Å². The molecule has 0 aliphatic heterocycles. The second-order valence-electron chi connectivity index (χ2n) is 5.39. The van der Waals surface area contributed by atoms with Crippen molar-refractivity contribution in [2.45, 2.75) is 65.2 Å². The van der Waals surface area contributed by atoms with Crippen LogP contribution in [0.2, 0.25) is 0 Å². The van der Waals surface area contributed by atoms with E-state index in [9.17, 15) is 4.39 Å². The summed E-state index contributed by atoms with van der Waals surface area (Å²) in [5.41, 5.74) is 0. The molecule has 0 amide bonds. The number of unbranched alkanes of at least 4 members (excludes halogenated alkanes) is 6. The fourth-order valence-corrected chi connectivity index (χ4v) is 2.16. The summed E-state index contributed by atoms with van der Waals surface area (Å²) in [5.74, 6) is 0.461. The Morgan fingerprint density at radius 2 is 1.43 bits per heavy atom. The summed E-state index contributed by atoms with van der Waals surface area (Å²) in [6.07, 6.45) is 9.03. The molecule has 21 heavy (non-hydrogen) atoms. The molecule has 0 saturated heterocycles. The molecular formula is C18H29FO2. The third-order valence-corrected chi connectivity index (χ3v) is 3.43. The molecule has 0 heterocycles. The fraction of sp³-hybridized carbons (Fsp3) is 0.667. The fourth-order valence-electron chi connectivity index (χ4n) is 2.16. The van der Waals surface area contributed by atoms with Crippen molar-refractivity contribution >= 4 is 0 Å². The highest BCUT2D eigenvalue weighted by Gasteiger charge is 2.11. The predicted molar refractivity (Wildman–Crippen MR) is 85.7 cm³/mol. The highest BCUT2D eigenvalue weighted by atomic mass is 19.1. The van der Waals surface area contributed by atoms with Gasteiger partial charge in [-0.15, -0.1) is 0 Å². The molecule has 0 atom stereocenters. The van der Waals surface area contributed by atoms with Crippen LogP contribution in [-0.2, 0) is 0 Å². The maximum atomic E-state index is 13.9. The summed E-state index contributed by atoms with van der Waals surface area (Å²) in [6, 6.07) is 4.87. The van der Waals surface area contributed by atoms with E-state index in [-0.39, 0.29) is 11.6 Å². The molecule has 1 rings (SSSR count). The lowest BCUT2D eigenvalue weighted by Gasteiger charge is -2.13. The van der Waals surface area contributed by atoms with Gasteiger partial charge in [-0.2, -0.15) is 0 Å². The molecule has 0 spiro atoms. The predicted octanol–water partition coefficient (Wildman–Crippen LogP) is 5.74. The quantitative estimate of drug-likeness (QED) is 0.458. The lowest BCUT2D eigenvalue weighted by molar-refractivity contribution is 0.249. The summed E-state index contributed by atoms with van der Waals surface area (Å²) >= 11 is 0. The third kappa shape index (κ3) is 7.35. The number of benzene rings is 1. The molecule has 3 heteroatoms. The van der Waals surface area contributed by atoms with Crippen molar-refractivity contribution < 1.29 is 13.9 Å². The van der Waals surface area contributed by atoms with Gasteiger partial charge in [0.05, 0.1) is 13.2 Å². The summed E-state index contributed by atoms with van der Waals surface area (Å²) < 4.78 is 25.1. The summed E-state index contributed by atoms with van der Waals surface area (Å²) in [7, 11) is 0. The average Bonchev–Trinajstić information content (AvgIpc) is 2.49. The topological polar surface area (TPSA) is 18.5 Å². The van der Waals surface area contributed by atoms with Crippen LogP contribution in [0.4, 0.5) is 4.39 Å². The average molecular weight is 296 g/mol. The first-order chi connectivity index (χ1) is 10.3. The molecule has 0 bridgehead atoms. The van der Waals surface area contributed by atoms with Crippen LogP contribution < -0.4 is 9.47 Å². The third-order valence-electron chi connectivity index (χ3n) is 3.43. The molecule has 0 N–H and O–H groups in total. The second kappa shape index (κ2) is 11.4. The van der Waals surface area contributed by atoms with E-state index < -0.39 is 0 Å². The van der Waals surface area contributed by atoms with E-state index in [2.05, 4.69) is 13.8 Å². The Morgan fingerprint density at radius 3 is 2.05 bits per heavy atom. The van der Waals surface area contributed by atoms with Crippen molar-refractivity contribution in [1.82, 2.24) is 0 Å². The number of halogens is 1. The van der Waals surface area contributed by atoms with Crippen LogP contribution in [0.25, 0.3) is 0 Å². The molecule has 0 aliphatic carbocycles. The first-order valence-electron chi connectivity index (χ1n) is 8.33. The molecule has 0 aromatic heterocycles. The second-order valence-corrected chi connectivity index (χ2v) is 5.39. The Kier molecular flexibility index (Phi) is 9.68. The molecule has 0 saturated carbocycles. The van der Waals surface area contributed by atoms with E-state index in [0.29, 0.717) is 19.0 Å². The largest absolute Gasteiger partial charge is 0.490 e. The van der Waals surface area contributed by atoms with Gasteiger partial charge in [-0.3, -0.25) is 0 Å². The Balaban J connectivity index is 2.41. The van der Waals surface area contributed by atoms with Crippen molar-refractivity contribution in [1.29, 1.82) is 0 Å². The highest BCUT2D eigenvalue weighted by Crippen LogP contribution is 2.30. The van der Waals surface area contributed by atoms with Crippen molar-refractivity contribution in [3.05, 3.63) is 24.0 Å². The van der Waals surface area contributed by atoms with Gasteiger partial charge in [-0.1, -0.05) is 58.4 Å². The van der Waals surface area contributed by atoms with Gasteiger partial charge >= 0.3 is 0 Å². The van der Waals surface area contributed by atoms with Gasteiger partial charge in [0.1, 0.15) is 0 Å². The monoisotopic (exact) mass is 296 g/mol. The van der Waals surface area contributed by atoms with Gasteiger partial charge in [0, 0.05) is 0 Å². The summed E-state index contributed by atoms with van der Waals surface area (Å²) in [4.78, 5) is 0. The molecule has 0 aliphatic rings. The van der Waals surface area contributed by atoms with Gasteiger partial charge in [-0.25, -0.2) is 4.39 Å². The van der Waals surface area contributed by atoms with Crippen molar-refractivity contribution in [3.8, 4) is 11.5 Å². The minimum atomic E-state index is -0.337. The van der Waals surface area contributed by atoms with Crippen molar-refractivity contribution in [2.24, 2.45) is 0 Å². The Morgan fingerprint density at radius 1 is 0.810 bits per heavy atom. The lowest BCUT2D eigenvalue weighted by Crippen LogP contribution is -2.04. The Labute approximate surface area is 128 Å². The minimum absolute atomic E-state index is 0.268. The van der Waals surface area contributed by atoms with Gasteiger partial charge in [0.2, 0.25) is 0 Å². The smallest absolute Gasteiger partial charge is 0.197 e. The number of para-hydroxylation sites is 1. The molecule has 0 unspecified atom stereocenters. The molecule has 2 nitrogen and oxygen atoms in total. The molecule has 0 fully saturated rings. The van der Waals surface area contributed by atoms with Crippen LogP contribution in [0.15, 0.2) is 18.2 Å². The molecular weight excluding hydrogens is 267 g/mol. The first kappa shape index (κ1) is 17.8. The molecule has 1 aromatic rings. The van der Waals surface area contributed by atoms with E-state index in [4.69, 9.17) is 9.47 Å². The van der Waals surface area contributed by atoms with Gasteiger partial charge in [0.15, 0.2) is 17.3 Å². The van der Waals surface area contributed by atoms with Crippen LogP contribution in [0, 0.1) is 5.82 Å². The maximum Gasteiger partial charge on any atom is 0.197 e. The Bertz CT molecular complexity index is 379. The van der Waals surface area contributed by atoms with E-state index in [1.165, 1.54) is 31.7 Å². The van der Waals surface area contributed by atoms with Gasteiger partial charge in [-0.05, 0) is 25.0 Å². The zero-order chi connectivity index (χ0) is 15.3. The minimum Gasteiger partial charge on any atom is -0.490 e. The number of rotatable bonds is 12. The molecule has 1 aromatic carbocycles. The van der Waals surface area contributed by atoms with Crippen LogP contribution >= 0.6 is 0 Å². The van der Waals surface area contributed by atoms with E-state index >= 15 is 0 Å². The molecule has 120 valence electrons. The van der Waals surface area contributed by atoms with Crippen LogP contribution in [-0.4, -0.2) is 13.2 Å². The number of hydrogen-bond donors (Lipinski definition) is 0. The van der Waals surface area contributed by atoms with Crippen LogP contribution in [0.1, 0.15) is 65.2 Å².